The van der Waals surface area contributed by atoms with Crippen LogP contribution >= 0.6 is 24.0 Å². The lowest BCUT2D eigenvalue weighted by Crippen LogP contribution is -2.17. The molecule has 8 heteroatoms. The van der Waals surface area contributed by atoms with Gasteiger partial charge in [0.2, 0.25) is 0 Å². The van der Waals surface area contributed by atoms with E-state index in [1.165, 1.54) is 17.8 Å². The molecule has 0 bridgehead atoms. The quantitative estimate of drug-likeness (QED) is 0.384. The van der Waals surface area contributed by atoms with Gasteiger partial charge in [0, 0.05) is 0 Å². The third-order valence-electron chi connectivity index (χ3n) is 4.04. The van der Waals surface area contributed by atoms with Crippen LogP contribution in [0.5, 0.6) is 5.75 Å². The van der Waals surface area contributed by atoms with E-state index in [4.69, 9.17) is 16.4 Å². The maximum atomic E-state index is 12.6. The molecule has 0 aromatic heterocycles. The zero-order chi connectivity index (χ0) is 19.7. The maximum Gasteiger partial charge on any atom is 0.339 e. The molecule has 0 unspecified atom stereocenters. The zero-order valence-corrected chi connectivity index (χ0v) is 16.7. The number of fused-ring (bicyclic) bond motifs is 1. The summed E-state index contributed by atoms with van der Waals surface area (Å²) < 4.78 is 30.8. The molecule has 0 radical (unpaired) electrons. The molecule has 1 fully saturated rings. The highest BCUT2D eigenvalue weighted by atomic mass is 32.2. The predicted octanol–water partition coefficient (Wildman–Crippen LogP) is 4.10. The zero-order valence-electron chi connectivity index (χ0n) is 14.3. The molecule has 1 N–H and O–H groups in total. The summed E-state index contributed by atoms with van der Waals surface area (Å²) in [4.78, 5) is 12.3. The van der Waals surface area contributed by atoms with Gasteiger partial charge in [-0.1, -0.05) is 66.4 Å². The minimum absolute atomic E-state index is 0.0879. The first-order valence-corrected chi connectivity index (χ1v) is 10.8. The molecule has 1 aliphatic rings. The van der Waals surface area contributed by atoms with E-state index in [9.17, 15) is 13.2 Å². The molecule has 1 saturated heterocycles. The van der Waals surface area contributed by atoms with Gasteiger partial charge < -0.3 is 9.50 Å². The number of amides is 1. The molecule has 140 valence electrons. The Labute approximate surface area is 171 Å². The van der Waals surface area contributed by atoms with Crippen LogP contribution in [0.25, 0.3) is 16.8 Å². The third-order valence-corrected chi connectivity index (χ3v) is 6.44. The van der Waals surface area contributed by atoms with E-state index in [-0.39, 0.29) is 16.6 Å². The van der Waals surface area contributed by atoms with Gasteiger partial charge in [0.25, 0.3) is 5.91 Å². The van der Waals surface area contributed by atoms with Crippen molar-refractivity contribution < 1.29 is 17.4 Å². The highest BCUT2D eigenvalue weighted by molar-refractivity contribution is 8.26. The van der Waals surface area contributed by atoms with Crippen molar-refractivity contribution in [2.45, 2.75) is 4.90 Å². The molecular weight excluding hydrogens is 414 g/mol. The van der Waals surface area contributed by atoms with Crippen molar-refractivity contribution in [2.75, 3.05) is 0 Å². The molecule has 3 aromatic rings. The number of rotatable bonds is 4. The Bertz CT molecular complexity index is 1230. The van der Waals surface area contributed by atoms with Crippen LogP contribution < -0.4 is 9.50 Å². The van der Waals surface area contributed by atoms with Gasteiger partial charge in [0.05, 0.1) is 4.91 Å². The molecule has 5 nitrogen and oxygen atoms in total. The molecule has 28 heavy (non-hydrogen) atoms. The van der Waals surface area contributed by atoms with Crippen molar-refractivity contribution in [1.82, 2.24) is 5.32 Å². The van der Waals surface area contributed by atoms with Crippen molar-refractivity contribution in [3.8, 4) is 5.75 Å². The molecule has 0 aliphatic carbocycles. The second-order valence-corrected chi connectivity index (χ2v) is 9.23. The second kappa shape index (κ2) is 7.38. The van der Waals surface area contributed by atoms with Crippen LogP contribution in [0.1, 0.15) is 5.56 Å². The van der Waals surface area contributed by atoms with Gasteiger partial charge in [-0.3, -0.25) is 4.79 Å². The summed E-state index contributed by atoms with van der Waals surface area (Å²) in [5.41, 5.74) is 0.734. The van der Waals surface area contributed by atoms with Crippen LogP contribution in [-0.4, -0.2) is 18.6 Å². The number of thioether (sulfide) groups is 1. The van der Waals surface area contributed by atoms with Crippen LogP contribution in [0.4, 0.5) is 0 Å². The number of benzene rings is 3. The highest BCUT2D eigenvalue weighted by Gasteiger charge is 2.22. The summed E-state index contributed by atoms with van der Waals surface area (Å²) in [7, 11) is -3.96. The predicted molar refractivity (Wildman–Crippen MR) is 115 cm³/mol. The number of carbonyl (C=O) groups is 1. The molecule has 1 aliphatic heterocycles. The lowest BCUT2D eigenvalue weighted by Gasteiger charge is -2.08. The lowest BCUT2D eigenvalue weighted by molar-refractivity contribution is -0.115. The Morgan fingerprint density at radius 2 is 1.68 bits per heavy atom. The number of hydrogen-bond acceptors (Lipinski definition) is 6. The summed E-state index contributed by atoms with van der Waals surface area (Å²) in [6.45, 7) is 0. The van der Waals surface area contributed by atoms with Gasteiger partial charge in [0.1, 0.15) is 15.0 Å². The molecule has 0 spiro atoms. The van der Waals surface area contributed by atoms with Crippen LogP contribution in [-0.2, 0) is 14.9 Å². The van der Waals surface area contributed by atoms with E-state index in [1.807, 2.05) is 24.3 Å². The summed E-state index contributed by atoms with van der Waals surface area (Å²) in [6.07, 6.45) is 1.68. The fourth-order valence-corrected chi connectivity index (χ4v) is 4.70. The highest BCUT2D eigenvalue weighted by Crippen LogP contribution is 2.27. The molecule has 4 rings (SSSR count). The first kappa shape index (κ1) is 18.7. The van der Waals surface area contributed by atoms with Crippen molar-refractivity contribution in [3.63, 3.8) is 0 Å². The van der Waals surface area contributed by atoms with Gasteiger partial charge in [-0.05, 0) is 46.7 Å². The number of hydrogen-bond donors (Lipinski definition) is 1. The minimum atomic E-state index is -3.96. The van der Waals surface area contributed by atoms with E-state index in [1.54, 1.807) is 42.5 Å². The minimum Gasteiger partial charge on any atom is -0.379 e. The standard InChI is InChI=1S/C20H13NO4S3/c22-19-18(27-20(26)21-19)11-13-5-8-16(9-6-13)25-28(23,24)17-10-7-14-3-1-2-4-15(14)12-17/h1-12H,(H,21,22,26)/b18-11+. The van der Waals surface area contributed by atoms with Gasteiger partial charge in [-0.25, -0.2) is 0 Å². The van der Waals surface area contributed by atoms with Gasteiger partial charge in [0.15, 0.2) is 0 Å². The Hall–Kier alpha value is -2.68. The fourth-order valence-electron chi connectivity index (χ4n) is 2.69. The average Bonchev–Trinajstić information content (AvgIpc) is 2.99. The summed E-state index contributed by atoms with van der Waals surface area (Å²) in [5, 5.41) is 4.31. The van der Waals surface area contributed by atoms with Crippen LogP contribution in [0.2, 0.25) is 0 Å². The summed E-state index contributed by atoms with van der Waals surface area (Å²) >= 11 is 6.13. The Morgan fingerprint density at radius 3 is 2.36 bits per heavy atom. The van der Waals surface area contributed by atoms with Crippen molar-refractivity contribution >= 4 is 61.2 Å². The van der Waals surface area contributed by atoms with E-state index < -0.39 is 10.1 Å². The third kappa shape index (κ3) is 3.94. The molecular formula is C20H13NO4S3. The molecule has 3 aromatic carbocycles. The van der Waals surface area contributed by atoms with E-state index in [2.05, 4.69) is 5.32 Å². The maximum absolute atomic E-state index is 12.6. The number of nitrogens with one attached hydrogen (secondary N) is 1. The number of thiocarbonyl (C=S) groups is 1. The largest absolute Gasteiger partial charge is 0.379 e. The monoisotopic (exact) mass is 427 g/mol. The SMILES string of the molecule is O=C1NC(=S)S/C1=C/c1ccc(OS(=O)(=O)c2ccc3ccccc3c2)cc1. The first-order chi connectivity index (χ1) is 13.4. The van der Waals surface area contributed by atoms with Crippen LogP contribution in [0.15, 0.2) is 76.5 Å². The Balaban J connectivity index is 1.55. The fraction of sp³-hybridized carbons (Fsp3) is 0. The normalized spacial score (nSPS) is 15.8. The van der Waals surface area contributed by atoms with E-state index in [0.717, 1.165) is 16.3 Å². The smallest absolute Gasteiger partial charge is 0.339 e. The molecule has 1 heterocycles. The second-order valence-electron chi connectivity index (χ2n) is 5.97. The van der Waals surface area contributed by atoms with Crippen LogP contribution in [0.3, 0.4) is 0 Å². The van der Waals surface area contributed by atoms with Crippen molar-refractivity contribution in [1.29, 1.82) is 0 Å². The van der Waals surface area contributed by atoms with Crippen LogP contribution in [0, 0.1) is 0 Å². The molecule has 1 amide bonds. The van der Waals surface area contributed by atoms with E-state index >= 15 is 0 Å². The average molecular weight is 428 g/mol. The lowest BCUT2D eigenvalue weighted by atomic mass is 10.1. The van der Waals surface area contributed by atoms with Gasteiger partial charge in [-0.15, -0.1) is 0 Å². The summed E-state index contributed by atoms with van der Waals surface area (Å²) in [5.74, 6) is -0.0523. The number of carbonyl (C=O) groups excluding carboxylic acids is 1. The van der Waals surface area contributed by atoms with Crippen molar-refractivity contribution in [3.05, 3.63) is 77.2 Å². The van der Waals surface area contributed by atoms with Crippen molar-refractivity contribution in [2.24, 2.45) is 0 Å². The molecule has 0 atom stereocenters. The van der Waals surface area contributed by atoms with Gasteiger partial charge in [-0.2, -0.15) is 8.42 Å². The first-order valence-electron chi connectivity index (χ1n) is 8.19. The molecule has 0 saturated carbocycles. The summed E-state index contributed by atoms with van der Waals surface area (Å²) in [6, 6.07) is 18.8. The topological polar surface area (TPSA) is 72.5 Å². The van der Waals surface area contributed by atoms with Gasteiger partial charge >= 0.3 is 10.1 Å². The Morgan fingerprint density at radius 1 is 0.964 bits per heavy atom. The Kier molecular flexibility index (Phi) is 4.92. The van der Waals surface area contributed by atoms with E-state index in [0.29, 0.717) is 9.23 Å².